The van der Waals surface area contributed by atoms with Crippen molar-refractivity contribution >= 4 is 12.0 Å². The summed E-state index contributed by atoms with van der Waals surface area (Å²) >= 11 is 0. The van der Waals surface area contributed by atoms with Crippen LogP contribution in [0.15, 0.2) is 16.3 Å². The van der Waals surface area contributed by atoms with E-state index in [-0.39, 0.29) is 11.8 Å². The van der Waals surface area contributed by atoms with Crippen molar-refractivity contribution in [3.05, 3.63) is 11.3 Å². The predicted octanol–water partition coefficient (Wildman–Crippen LogP) is 0.261. The fraction of sp³-hybridized carbons (Fsp3) is 0.429. The molecule has 0 amide bonds. The van der Waals surface area contributed by atoms with Crippen molar-refractivity contribution in [3.8, 4) is 0 Å². The Bertz CT molecular complexity index is 228. The molecule has 3 nitrogen and oxygen atoms in total. The van der Waals surface area contributed by atoms with Crippen LogP contribution >= 0.6 is 0 Å². The predicted molar refractivity (Wildman–Crippen MR) is 39.8 cm³/mol. The quantitative estimate of drug-likeness (QED) is 0.522. The Morgan fingerprint density at radius 1 is 1.70 bits per heavy atom. The van der Waals surface area contributed by atoms with Crippen LogP contribution in [0.3, 0.4) is 0 Å². The van der Waals surface area contributed by atoms with E-state index in [9.17, 15) is 4.79 Å². The number of allylic oxidation sites excluding steroid dienone is 1. The number of hydrogen-bond donors (Lipinski definition) is 1. The van der Waals surface area contributed by atoms with E-state index in [1.807, 2.05) is 0 Å². The molecule has 0 aliphatic carbocycles. The van der Waals surface area contributed by atoms with Gasteiger partial charge in [-0.25, -0.2) is 0 Å². The van der Waals surface area contributed by atoms with Gasteiger partial charge in [0.25, 0.3) is 0 Å². The van der Waals surface area contributed by atoms with Crippen molar-refractivity contribution in [2.75, 3.05) is 0 Å². The number of nitrogens with zero attached hydrogens (tertiary/aromatic N) is 1. The molecule has 54 valence electrons. The largest absolute Gasteiger partial charge is 0.397 e. The SMILES string of the molecule is CC1=C(N)C=NC(C)C1=O. The van der Waals surface area contributed by atoms with E-state index in [1.165, 1.54) is 0 Å². The molecule has 2 N–H and O–H groups in total. The van der Waals surface area contributed by atoms with Gasteiger partial charge in [-0.3, -0.25) is 9.79 Å². The Labute approximate surface area is 59.6 Å². The second-order valence-electron chi connectivity index (χ2n) is 2.40. The number of hydrogen-bond acceptors (Lipinski definition) is 3. The van der Waals surface area contributed by atoms with Crippen LogP contribution in [0.2, 0.25) is 0 Å². The molecule has 10 heavy (non-hydrogen) atoms. The number of carbonyl (C=O) groups excluding carboxylic acids is 1. The molecule has 1 aliphatic rings. The first-order valence-corrected chi connectivity index (χ1v) is 3.16. The lowest BCUT2D eigenvalue weighted by atomic mass is 10.0. The summed E-state index contributed by atoms with van der Waals surface area (Å²) in [6, 6.07) is -0.243. The lowest BCUT2D eigenvalue weighted by Gasteiger charge is -2.11. The third-order valence-corrected chi connectivity index (χ3v) is 1.62. The van der Waals surface area contributed by atoms with Crippen LogP contribution in [0.4, 0.5) is 0 Å². The topological polar surface area (TPSA) is 55.4 Å². The molecule has 0 spiro atoms. The van der Waals surface area contributed by atoms with Gasteiger partial charge in [-0.15, -0.1) is 0 Å². The standard InChI is InChI=1S/C7H10N2O/c1-4-6(8)3-9-5(2)7(4)10/h3,5H,8H2,1-2H3. The summed E-state index contributed by atoms with van der Waals surface area (Å²) in [6.45, 7) is 3.48. The minimum atomic E-state index is -0.243. The molecule has 0 saturated carbocycles. The van der Waals surface area contributed by atoms with Crippen molar-refractivity contribution in [2.45, 2.75) is 19.9 Å². The normalized spacial score (nSPS) is 25.8. The molecule has 0 aromatic heterocycles. The molecule has 0 aromatic carbocycles. The maximum atomic E-state index is 11.1. The van der Waals surface area contributed by atoms with Gasteiger partial charge in [-0.2, -0.15) is 0 Å². The van der Waals surface area contributed by atoms with Crippen LogP contribution < -0.4 is 5.73 Å². The zero-order valence-electron chi connectivity index (χ0n) is 6.09. The van der Waals surface area contributed by atoms with Crippen molar-refractivity contribution in [2.24, 2.45) is 10.7 Å². The van der Waals surface area contributed by atoms with Crippen LogP contribution in [-0.4, -0.2) is 18.0 Å². The molecule has 0 bridgehead atoms. The molecule has 1 unspecified atom stereocenters. The fourth-order valence-electron chi connectivity index (χ4n) is 0.812. The van der Waals surface area contributed by atoms with Gasteiger partial charge >= 0.3 is 0 Å². The zero-order valence-corrected chi connectivity index (χ0v) is 6.09. The number of nitrogens with two attached hydrogens (primary N) is 1. The summed E-state index contributed by atoms with van der Waals surface area (Å²) < 4.78 is 0. The second kappa shape index (κ2) is 2.25. The highest BCUT2D eigenvalue weighted by Gasteiger charge is 2.18. The number of dihydropyridines is 1. The Kier molecular flexibility index (Phi) is 1.57. The molecule has 3 heteroatoms. The molecular formula is C7H10N2O. The summed E-state index contributed by atoms with van der Waals surface area (Å²) in [5, 5.41) is 0. The van der Waals surface area contributed by atoms with Crippen LogP contribution in [0.5, 0.6) is 0 Å². The minimum absolute atomic E-state index is 0.0278. The molecule has 1 atom stereocenters. The number of rotatable bonds is 0. The van der Waals surface area contributed by atoms with E-state index in [1.54, 1.807) is 20.1 Å². The summed E-state index contributed by atoms with van der Waals surface area (Å²) in [4.78, 5) is 15.0. The van der Waals surface area contributed by atoms with E-state index < -0.39 is 0 Å². The number of carbonyl (C=O) groups is 1. The van der Waals surface area contributed by atoms with Gasteiger partial charge in [0.05, 0.1) is 5.70 Å². The minimum Gasteiger partial charge on any atom is -0.397 e. The van der Waals surface area contributed by atoms with E-state index in [2.05, 4.69) is 4.99 Å². The Hall–Kier alpha value is -1.12. The number of aliphatic imine (C=N–C) groups is 1. The van der Waals surface area contributed by atoms with Crippen LogP contribution in [-0.2, 0) is 4.79 Å². The van der Waals surface area contributed by atoms with Gasteiger partial charge < -0.3 is 5.73 Å². The highest BCUT2D eigenvalue weighted by molar-refractivity contribution is 6.06. The fourth-order valence-corrected chi connectivity index (χ4v) is 0.812. The lowest BCUT2D eigenvalue weighted by Crippen LogP contribution is -2.24. The third kappa shape index (κ3) is 0.943. The van der Waals surface area contributed by atoms with Crippen LogP contribution in [0.1, 0.15) is 13.8 Å². The Balaban J connectivity index is 3.00. The summed E-state index contributed by atoms with van der Waals surface area (Å²) in [7, 11) is 0. The van der Waals surface area contributed by atoms with Gasteiger partial charge in [-0.05, 0) is 13.8 Å². The molecule has 1 heterocycles. The van der Waals surface area contributed by atoms with E-state index in [0.717, 1.165) is 0 Å². The van der Waals surface area contributed by atoms with Crippen molar-refractivity contribution < 1.29 is 4.79 Å². The molecule has 0 saturated heterocycles. The number of ketones is 1. The Morgan fingerprint density at radius 3 is 2.80 bits per heavy atom. The average Bonchev–Trinajstić information content (AvgIpc) is 1.93. The van der Waals surface area contributed by atoms with Gasteiger partial charge in [0.1, 0.15) is 6.04 Å². The monoisotopic (exact) mass is 138 g/mol. The first-order valence-electron chi connectivity index (χ1n) is 3.16. The average molecular weight is 138 g/mol. The zero-order chi connectivity index (χ0) is 7.72. The second-order valence-corrected chi connectivity index (χ2v) is 2.40. The smallest absolute Gasteiger partial charge is 0.184 e. The summed E-state index contributed by atoms with van der Waals surface area (Å²) in [5.41, 5.74) is 6.56. The Morgan fingerprint density at radius 2 is 2.30 bits per heavy atom. The molecule has 0 radical (unpaired) electrons. The van der Waals surface area contributed by atoms with Gasteiger partial charge in [0, 0.05) is 11.8 Å². The van der Waals surface area contributed by atoms with Gasteiger partial charge in [-0.1, -0.05) is 0 Å². The maximum Gasteiger partial charge on any atom is 0.184 e. The van der Waals surface area contributed by atoms with Crippen molar-refractivity contribution in [1.29, 1.82) is 0 Å². The summed E-state index contributed by atoms with van der Waals surface area (Å²) in [5.74, 6) is 0.0278. The number of Topliss-reactive ketones (excluding diaryl/α,β-unsaturated/α-hetero) is 1. The molecule has 1 aliphatic heterocycles. The first-order chi connectivity index (χ1) is 4.63. The van der Waals surface area contributed by atoms with E-state index in [0.29, 0.717) is 11.3 Å². The molecule has 0 fully saturated rings. The van der Waals surface area contributed by atoms with Crippen LogP contribution in [0, 0.1) is 0 Å². The van der Waals surface area contributed by atoms with E-state index in [4.69, 9.17) is 5.73 Å². The molecule has 1 rings (SSSR count). The van der Waals surface area contributed by atoms with Crippen molar-refractivity contribution in [3.63, 3.8) is 0 Å². The molecule has 0 aromatic rings. The van der Waals surface area contributed by atoms with E-state index >= 15 is 0 Å². The van der Waals surface area contributed by atoms with Crippen LogP contribution in [0.25, 0.3) is 0 Å². The molecular weight excluding hydrogens is 128 g/mol. The highest BCUT2D eigenvalue weighted by atomic mass is 16.1. The summed E-state index contributed by atoms with van der Waals surface area (Å²) in [6.07, 6.45) is 1.54. The maximum absolute atomic E-state index is 11.1. The highest BCUT2D eigenvalue weighted by Crippen LogP contribution is 2.09. The van der Waals surface area contributed by atoms with Crippen molar-refractivity contribution in [1.82, 2.24) is 0 Å². The third-order valence-electron chi connectivity index (χ3n) is 1.62. The lowest BCUT2D eigenvalue weighted by molar-refractivity contribution is -0.116. The van der Waals surface area contributed by atoms with Gasteiger partial charge in [0.2, 0.25) is 0 Å². The van der Waals surface area contributed by atoms with Gasteiger partial charge in [0.15, 0.2) is 5.78 Å². The first kappa shape index (κ1) is 6.99.